The Morgan fingerprint density at radius 2 is 1.29 bits per heavy atom. The van der Waals surface area contributed by atoms with Crippen LogP contribution in [-0.4, -0.2) is 63.9 Å². The number of nitrogens with zero attached hydrogens (tertiary/aromatic N) is 1. The van der Waals surface area contributed by atoms with Gasteiger partial charge in [0.05, 0.1) is 0 Å². The molecule has 45 heavy (non-hydrogen) atoms. The molecule has 0 aliphatic carbocycles. The van der Waals surface area contributed by atoms with Crippen LogP contribution in [0.1, 0.15) is 33.1 Å². The van der Waals surface area contributed by atoms with Crippen molar-refractivity contribution < 1.29 is 29.7 Å². The smallest absolute Gasteiger partial charge is 0.325 e. The molecule has 0 aliphatic rings. The van der Waals surface area contributed by atoms with Gasteiger partial charge in [-0.05, 0) is 67.5 Å². The van der Waals surface area contributed by atoms with Crippen LogP contribution in [0.25, 0.3) is 21.5 Å². The zero-order chi connectivity index (χ0) is 33.4. The first kappa shape index (κ1) is 35.8. The summed E-state index contributed by atoms with van der Waals surface area (Å²) in [5, 5.41) is 36.4. The van der Waals surface area contributed by atoms with Gasteiger partial charge in [-0.3, -0.25) is 19.4 Å². The lowest BCUT2D eigenvalue weighted by Gasteiger charge is -2.12. The van der Waals surface area contributed by atoms with E-state index in [-0.39, 0.29) is 5.96 Å². The monoisotopic (exact) mass is 618 g/mol. The summed E-state index contributed by atoms with van der Waals surface area (Å²) in [6.07, 6.45) is 1.92. The first-order chi connectivity index (χ1) is 21.4. The lowest BCUT2D eigenvalue weighted by Crippen LogP contribution is -2.29. The maximum absolute atomic E-state index is 10.8. The summed E-state index contributed by atoms with van der Waals surface area (Å²) in [6, 6.07) is 25.6. The fourth-order valence-electron chi connectivity index (χ4n) is 4.04. The Morgan fingerprint density at radius 3 is 1.91 bits per heavy atom. The Labute approximate surface area is 261 Å². The van der Waals surface area contributed by atoms with Crippen molar-refractivity contribution in [2.24, 2.45) is 22.2 Å². The number of rotatable bonds is 12. The molecule has 240 valence electrons. The molecule has 0 heterocycles. The number of nitrogens with two attached hydrogens (primary N) is 3. The second kappa shape index (κ2) is 18.3. The minimum atomic E-state index is -0.971. The first-order valence-corrected chi connectivity index (χ1v) is 14.4. The predicted octanol–water partition coefficient (Wildman–Crippen LogP) is 4.29. The third-order valence-corrected chi connectivity index (χ3v) is 6.57. The minimum Gasteiger partial charge on any atom is -0.480 e. The Morgan fingerprint density at radius 1 is 0.711 bits per heavy atom. The van der Waals surface area contributed by atoms with Gasteiger partial charge >= 0.3 is 17.9 Å². The van der Waals surface area contributed by atoms with E-state index in [1.807, 2.05) is 84.9 Å². The van der Waals surface area contributed by atoms with Gasteiger partial charge in [0, 0.05) is 23.3 Å². The molecule has 0 bridgehead atoms. The Bertz CT molecular complexity index is 1580. The van der Waals surface area contributed by atoms with E-state index in [9.17, 15) is 14.4 Å². The van der Waals surface area contributed by atoms with Crippen LogP contribution in [-0.2, 0) is 14.4 Å². The number of carboxylic acids is 3. The number of anilines is 2. The van der Waals surface area contributed by atoms with Crippen molar-refractivity contribution in [3.63, 3.8) is 0 Å². The second-order valence-electron chi connectivity index (χ2n) is 10.2. The molecule has 4 aromatic carbocycles. The van der Waals surface area contributed by atoms with Crippen molar-refractivity contribution in [2.45, 2.75) is 51.2 Å². The van der Waals surface area contributed by atoms with E-state index < -0.39 is 36.0 Å². The molecule has 0 saturated carbocycles. The van der Waals surface area contributed by atoms with Crippen LogP contribution in [0, 0.1) is 0 Å². The zero-order valence-corrected chi connectivity index (χ0v) is 25.4. The Hall–Kier alpha value is -5.36. The average molecular weight is 619 g/mol. The number of hydrogen-bond acceptors (Lipinski definition) is 7. The summed E-state index contributed by atoms with van der Waals surface area (Å²) < 4.78 is 0. The molecule has 0 amide bonds. The van der Waals surface area contributed by atoms with Gasteiger partial charge in [0.2, 0.25) is 0 Å². The topological polar surface area (TPSA) is 226 Å². The van der Waals surface area contributed by atoms with Crippen LogP contribution in [0.5, 0.6) is 0 Å². The number of aliphatic carboxylic acids is 3. The van der Waals surface area contributed by atoms with E-state index in [0.717, 1.165) is 39.3 Å². The quantitative estimate of drug-likeness (QED) is 0.0634. The van der Waals surface area contributed by atoms with Gasteiger partial charge in [-0.25, -0.2) is 0 Å². The van der Waals surface area contributed by atoms with Crippen LogP contribution in [0.15, 0.2) is 89.9 Å². The van der Waals surface area contributed by atoms with Gasteiger partial charge in [0.1, 0.15) is 18.1 Å². The highest BCUT2D eigenvalue weighted by Crippen LogP contribution is 2.23. The maximum atomic E-state index is 10.8. The van der Waals surface area contributed by atoms with Crippen molar-refractivity contribution in [2.75, 3.05) is 17.2 Å². The lowest BCUT2D eigenvalue weighted by atomic mass is 10.1. The Balaban J connectivity index is 0.000000237. The van der Waals surface area contributed by atoms with Crippen LogP contribution >= 0.6 is 0 Å². The van der Waals surface area contributed by atoms with Gasteiger partial charge < -0.3 is 43.2 Å². The number of aliphatic imine (C=N–C) groups is 1. The van der Waals surface area contributed by atoms with E-state index in [1.165, 1.54) is 0 Å². The highest BCUT2D eigenvalue weighted by Gasteiger charge is 2.12. The summed E-state index contributed by atoms with van der Waals surface area (Å²) in [5.41, 5.74) is 17.1. The summed E-state index contributed by atoms with van der Waals surface area (Å²) in [7, 11) is 0. The summed E-state index contributed by atoms with van der Waals surface area (Å²) in [6.45, 7) is 3.77. The number of hydrogen-bond donors (Lipinski definition) is 8. The summed E-state index contributed by atoms with van der Waals surface area (Å²) >= 11 is 0. The third-order valence-electron chi connectivity index (χ3n) is 6.57. The SMILES string of the molecule is C[C@H](Nc1ccc2ccccc2c1)C(=O)O.C[C@H](Nc1cccc2ccccc12)C(=O)O.NC(N)=NCCCC[C@H](N)C(=O)O. The fraction of sp³-hybridized carbons (Fsp3) is 0.273. The van der Waals surface area contributed by atoms with Crippen molar-refractivity contribution in [3.05, 3.63) is 84.9 Å². The number of carboxylic acid groups (broad SMARTS) is 3. The second-order valence-corrected chi connectivity index (χ2v) is 10.2. The normalized spacial score (nSPS) is 12.2. The zero-order valence-electron chi connectivity index (χ0n) is 25.4. The molecule has 4 aromatic rings. The Kier molecular flexibility index (Phi) is 14.6. The van der Waals surface area contributed by atoms with E-state index >= 15 is 0 Å². The predicted molar refractivity (Wildman–Crippen MR) is 179 cm³/mol. The number of fused-ring (bicyclic) bond motifs is 2. The van der Waals surface area contributed by atoms with Crippen LogP contribution in [0.3, 0.4) is 0 Å². The lowest BCUT2D eigenvalue weighted by molar-refractivity contribution is -0.139. The van der Waals surface area contributed by atoms with E-state index in [1.54, 1.807) is 13.8 Å². The third kappa shape index (κ3) is 12.8. The van der Waals surface area contributed by atoms with Crippen LogP contribution < -0.4 is 27.8 Å². The minimum absolute atomic E-state index is 0.0579. The molecule has 4 rings (SSSR count). The molecule has 0 aromatic heterocycles. The molecule has 0 fully saturated rings. The van der Waals surface area contributed by atoms with E-state index in [2.05, 4.69) is 15.6 Å². The number of carbonyl (C=O) groups is 3. The van der Waals surface area contributed by atoms with Crippen LogP contribution in [0.4, 0.5) is 11.4 Å². The number of benzene rings is 4. The molecular weight excluding hydrogens is 576 g/mol. The molecule has 0 radical (unpaired) electrons. The van der Waals surface area contributed by atoms with Gasteiger partial charge in [-0.2, -0.15) is 0 Å². The van der Waals surface area contributed by atoms with Crippen molar-refractivity contribution >= 4 is 56.8 Å². The molecule has 0 spiro atoms. The fourth-order valence-corrected chi connectivity index (χ4v) is 4.04. The molecule has 0 saturated heterocycles. The molecule has 12 heteroatoms. The highest BCUT2D eigenvalue weighted by molar-refractivity contribution is 5.95. The van der Waals surface area contributed by atoms with Gasteiger partial charge in [0.15, 0.2) is 5.96 Å². The van der Waals surface area contributed by atoms with Crippen molar-refractivity contribution in [1.29, 1.82) is 0 Å². The number of unbranched alkanes of at least 4 members (excludes halogenated alkanes) is 1. The molecule has 3 atom stereocenters. The summed E-state index contributed by atoms with van der Waals surface area (Å²) in [5.74, 6) is -2.62. The molecular formula is C33H42N6O6. The first-order valence-electron chi connectivity index (χ1n) is 14.4. The number of guanidine groups is 1. The highest BCUT2D eigenvalue weighted by atomic mass is 16.4. The molecule has 12 nitrogen and oxygen atoms in total. The molecule has 0 unspecified atom stereocenters. The van der Waals surface area contributed by atoms with Crippen molar-refractivity contribution in [3.8, 4) is 0 Å². The summed E-state index contributed by atoms with van der Waals surface area (Å²) in [4.78, 5) is 35.5. The van der Waals surface area contributed by atoms with E-state index in [4.69, 9.17) is 32.5 Å². The maximum Gasteiger partial charge on any atom is 0.325 e. The van der Waals surface area contributed by atoms with Gasteiger partial charge in [-0.15, -0.1) is 0 Å². The van der Waals surface area contributed by atoms with Crippen molar-refractivity contribution in [1.82, 2.24) is 0 Å². The van der Waals surface area contributed by atoms with Gasteiger partial charge in [-0.1, -0.05) is 66.7 Å². The standard InChI is InChI=1S/2C13H13NO2.C7H16N4O2/c1-9(13(15)16)14-12-8-4-6-10-5-2-3-7-11(10)12;1-9(13(15)16)14-12-7-6-10-4-2-3-5-11(10)8-12;8-5(6(12)13)3-1-2-4-11-7(9)10/h2*2-9,14H,1H3,(H,15,16);5H,1-4,8H2,(H,12,13)(H4,9,10,11)/t2*9-;5-/m000/s1. The van der Waals surface area contributed by atoms with Gasteiger partial charge in [0.25, 0.3) is 0 Å². The average Bonchev–Trinajstić information content (AvgIpc) is 3.01. The molecule has 11 N–H and O–H groups in total. The van der Waals surface area contributed by atoms with E-state index in [0.29, 0.717) is 19.4 Å². The largest absolute Gasteiger partial charge is 0.480 e. The van der Waals surface area contributed by atoms with Crippen LogP contribution in [0.2, 0.25) is 0 Å². The number of nitrogens with one attached hydrogen (secondary N) is 2. The molecule has 0 aliphatic heterocycles.